The summed E-state index contributed by atoms with van der Waals surface area (Å²) in [6.07, 6.45) is 1.46. The van der Waals surface area contributed by atoms with E-state index in [1.165, 1.54) is 0 Å². The highest BCUT2D eigenvalue weighted by molar-refractivity contribution is 5.98. The van der Waals surface area contributed by atoms with Gasteiger partial charge in [0.15, 0.2) is 0 Å². The van der Waals surface area contributed by atoms with Gasteiger partial charge in [0.05, 0.1) is 0 Å². The lowest BCUT2D eigenvalue weighted by Gasteiger charge is -2.31. The van der Waals surface area contributed by atoms with Gasteiger partial charge in [-0.3, -0.25) is 14.5 Å². The summed E-state index contributed by atoms with van der Waals surface area (Å²) >= 11 is 0. The van der Waals surface area contributed by atoms with Gasteiger partial charge in [-0.2, -0.15) is 0 Å². The van der Waals surface area contributed by atoms with E-state index in [1.807, 2.05) is 112 Å². The van der Waals surface area contributed by atoms with Crippen molar-refractivity contribution in [2.75, 3.05) is 45.0 Å². The monoisotopic (exact) mass is 494 g/mol. The predicted molar refractivity (Wildman–Crippen MR) is 149 cm³/mol. The van der Waals surface area contributed by atoms with Crippen LogP contribution in [0.3, 0.4) is 0 Å². The van der Waals surface area contributed by atoms with Crippen LogP contribution < -0.4 is 10.2 Å². The van der Waals surface area contributed by atoms with Crippen LogP contribution in [0.1, 0.15) is 35.6 Å². The molecule has 6 heteroatoms. The number of carbonyl (C=O) groups is 2. The second kappa shape index (κ2) is 11.8. The summed E-state index contributed by atoms with van der Waals surface area (Å²) in [6.45, 7) is 0.581. The van der Waals surface area contributed by atoms with Crippen molar-refractivity contribution in [2.45, 2.75) is 24.9 Å². The zero-order valence-electron chi connectivity index (χ0n) is 21.9. The minimum atomic E-state index is -0.483. The van der Waals surface area contributed by atoms with Crippen molar-refractivity contribution in [1.82, 2.24) is 9.80 Å². The summed E-state index contributed by atoms with van der Waals surface area (Å²) in [4.78, 5) is 32.4. The minimum Gasteiger partial charge on any atom is -0.378 e. The van der Waals surface area contributed by atoms with Gasteiger partial charge in [-0.05, 0) is 81.0 Å². The van der Waals surface area contributed by atoms with Gasteiger partial charge in [-0.1, -0.05) is 42.2 Å². The lowest BCUT2D eigenvalue weighted by Crippen LogP contribution is -2.47. The van der Waals surface area contributed by atoms with Crippen LogP contribution in [0, 0.1) is 11.8 Å². The van der Waals surface area contributed by atoms with E-state index >= 15 is 0 Å². The molecule has 4 rings (SSSR count). The molecule has 0 aromatic heterocycles. The van der Waals surface area contributed by atoms with Gasteiger partial charge in [0, 0.05) is 43.1 Å². The molecular formula is C31H34N4O2. The highest BCUT2D eigenvalue weighted by atomic mass is 16.2. The molecule has 2 atom stereocenters. The number of amides is 2. The van der Waals surface area contributed by atoms with Crippen molar-refractivity contribution in [1.29, 1.82) is 0 Å². The number of likely N-dealkylation sites (tertiary alicyclic amines) is 1. The standard InChI is InChI=1S/C31H34N4O2/c1-33(2)27-20-16-24(17-21-27)13-12-23-14-18-26(19-15-23)32-30(36)28-11-8-22-35(28)31(37)29(34(3)4)25-9-6-5-7-10-25/h5-7,9-10,14-21,28-29H,8,11,22H2,1-4H3,(H,32,36)/t28-,29+/m0/s1. The van der Waals surface area contributed by atoms with Crippen LogP contribution in [0.25, 0.3) is 0 Å². The topological polar surface area (TPSA) is 55.9 Å². The average molecular weight is 495 g/mol. The van der Waals surface area contributed by atoms with Crippen molar-refractivity contribution in [3.63, 3.8) is 0 Å². The van der Waals surface area contributed by atoms with Crippen molar-refractivity contribution in [3.8, 4) is 11.8 Å². The molecule has 37 heavy (non-hydrogen) atoms. The van der Waals surface area contributed by atoms with E-state index in [9.17, 15) is 9.59 Å². The molecule has 3 aromatic carbocycles. The largest absolute Gasteiger partial charge is 0.378 e. The fourth-order valence-corrected chi connectivity index (χ4v) is 4.61. The molecule has 190 valence electrons. The Labute approximate surface area is 219 Å². The molecule has 2 amide bonds. The highest BCUT2D eigenvalue weighted by Crippen LogP contribution is 2.27. The van der Waals surface area contributed by atoms with E-state index in [1.54, 1.807) is 4.90 Å². The average Bonchev–Trinajstić information content (AvgIpc) is 3.39. The zero-order valence-corrected chi connectivity index (χ0v) is 21.9. The minimum absolute atomic E-state index is 0.0434. The molecule has 1 saturated heterocycles. The molecule has 6 nitrogen and oxygen atoms in total. The van der Waals surface area contributed by atoms with Crippen LogP contribution in [0.4, 0.5) is 11.4 Å². The molecule has 0 saturated carbocycles. The van der Waals surface area contributed by atoms with Gasteiger partial charge in [0.2, 0.25) is 11.8 Å². The molecule has 0 unspecified atom stereocenters. The summed E-state index contributed by atoms with van der Waals surface area (Å²) in [7, 11) is 7.80. The first-order valence-corrected chi connectivity index (χ1v) is 12.6. The lowest BCUT2D eigenvalue weighted by atomic mass is 10.0. The highest BCUT2D eigenvalue weighted by Gasteiger charge is 2.38. The lowest BCUT2D eigenvalue weighted by molar-refractivity contribution is -0.140. The fourth-order valence-electron chi connectivity index (χ4n) is 4.61. The van der Waals surface area contributed by atoms with Gasteiger partial charge < -0.3 is 15.1 Å². The zero-order chi connectivity index (χ0) is 26.4. The molecule has 1 fully saturated rings. The van der Waals surface area contributed by atoms with E-state index < -0.39 is 12.1 Å². The normalized spacial score (nSPS) is 15.6. The van der Waals surface area contributed by atoms with E-state index in [0.29, 0.717) is 18.7 Å². The van der Waals surface area contributed by atoms with Crippen molar-refractivity contribution in [3.05, 3.63) is 95.6 Å². The van der Waals surface area contributed by atoms with Crippen LogP contribution >= 0.6 is 0 Å². The Balaban J connectivity index is 1.41. The van der Waals surface area contributed by atoms with E-state index in [-0.39, 0.29) is 11.8 Å². The van der Waals surface area contributed by atoms with E-state index in [0.717, 1.165) is 28.8 Å². The Kier molecular flexibility index (Phi) is 8.27. The number of hydrogen-bond acceptors (Lipinski definition) is 4. The number of benzene rings is 3. The third kappa shape index (κ3) is 6.38. The van der Waals surface area contributed by atoms with Gasteiger partial charge in [0.25, 0.3) is 0 Å². The molecule has 0 spiro atoms. The molecule has 0 aliphatic carbocycles. The van der Waals surface area contributed by atoms with Gasteiger partial charge in [-0.15, -0.1) is 0 Å². The number of likely N-dealkylation sites (N-methyl/N-ethyl adjacent to an activating group) is 1. The van der Waals surface area contributed by atoms with Crippen LogP contribution in [0.5, 0.6) is 0 Å². The molecule has 3 aromatic rings. The summed E-state index contributed by atoms with van der Waals surface area (Å²) in [5.74, 6) is 6.15. The van der Waals surface area contributed by atoms with E-state index in [2.05, 4.69) is 22.1 Å². The molecule has 1 aliphatic rings. The van der Waals surface area contributed by atoms with Crippen molar-refractivity contribution >= 4 is 23.2 Å². The van der Waals surface area contributed by atoms with Crippen LogP contribution in [-0.4, -0.2) is 62.4 Å². The van der Waals surface area contributed by atoms with Gasteiger partial charge in [0.1, 0.15) is 12.1 Å². The summed E-state index contributed by atoms with van der Waals surface area (Å²) in [5, 5.41) is 3.00. The van der Waals surface area contributed by atoms with Crippen LogP contribution in [0.2, 0.25) is 0 Å². The maximum absolute atomic E-state index is 13.5. The molecule has 0 bridgehead atoms. The Morgan fingerprint density at radius 3 is 2.03 bits per heavy atom. The quantitative estimate of drug-likeness (QED) is 0.517. The third-order valence-corrected chi connectivity index (χ3v) is 6.59. The van der Waals surface area contributed by atoms with Crippen LogP contribution in [0.15, 0.2) is 78.9 Å². The van der Waals surface area contributed by atoms with Gasteiger partial charge >= 0.3 is 0 Å². The van der Waals surface area contributed by atoms with Crippen molar-refractivity contribution < 1.29 is 9.59 Å². The first kappa shape index (κ1) is 26.0. The predicted octanol–water partition coefficient (Wildman–Crippen LogP) is 4.38. The van der Waals surface area contributed by atoms with Crippen LogP contribution in [-0.2, 0) is 9.59 Å². The Hall–Kier alpha value is -4.08. The second-order valence-electron chi connectivity index (χ2n) is 9.72. The van der Waals surface area contributed by atoms with E-state index in [4.69, 9.17) is 0 Å². The number of nitrogens with zero attached hydrogens (tertiary/aromatic N) is 3. The van der Waals surface area contributed by atoms with Gasteiger partial charge in [-0.25, -0.2) is 0 Å². The molecule has 1 heterocycles. The second-order valence-corrected chi connectivity index (χ2v) is 9.72. The third-order valence-electron chi connectivity index (χ3n) is 6.59. The number of rotatable bonds is 6. The summed E-state index contributed by atoms with van der Waals surface area (Å²) in [5.41, 5.74) is 4.56. The number of hydrogen-bond donors (Lipinski definition) is 1. The summed E-state index contributed by atoms with van der Waals surface area (Å²) in [6, 6.07) is 24.4. The maximum Gasteiger partial charge on any atom is 0.247 e. The number of anilines is 2. The van der Waals surface area contributed by atoms with Crippen molar-refractivity contribution in [2.24, 2.45) is 0 Å². The first-order chi connectivity index (χ1) is 17.8. The number of nitrogens with one attached hydrogen (secondary N) is 1. The Morgan fingerprint density at radius 2 is 1.46 bits per heavy atom. The Morgan fingerprint density at radius 1 is 0.865 bits per heavy atom. The first-order valence-electron chi connectivity index (χ1n) is 12.6. The molecule has 1 aliphatic heterocycles. The fraction of sp³-hybridized carbons (Fsp3) is 0.290. The smallest absolute Gasteiger partial charge is 0.247 e. The maximum atomic E-state index is 13.5. The number of carbonyl (C=O) groups excluding carboxylic acids is 2. The summed E-state index contributed by atoms with van der Waals surface area (Å²) < 4.78 is 0. The molecular weight excluding hydrogens is 460 g/mol. The molecule has 0 radical (unpaired) electrons. The Bertz CT molecular complexity index is 1270. The SMILES string of the molecule is CN(C)c1ccc(C#Cc2ccc(NC(=O)[C@@H]3CCCN3C(=O)[C@@H](c3ccccc3)N(C)C)cc2)cc1. The molecule has 1 N–H and O–H groups in total.